The van der Waals surface area contributed by atoms with Crippen LogP contribution >= 0.6 is 0 Å². The first-order chi connectivity index (χ1) is 11.1. The lowest BCUT2D eigenvalue weighted by Crippen LogP contribution is -2.11. The molecular formula is C19H16O4. The lowest BCUT2D eigenvalue weighted by Gasteiger charge is -2.08. The van der Waals surface area contributed by atoms with Crippen LogP contribution < -0.4 is 5.43 Å². The second-order valence-corrected chi connectivity index (χ2v) is 5.45. The van der Waals surface area contributed by atoms with Crippen LogP contribution in [-0.4, -0.2) is 11.1 Å². The normalized spacial score (nSPS) is 10.8. The van der Waals surface area contributed by atoms with Gasteiger partial charge in [-0.15, -0.1) is 0 Å². The standard InChI is InChI=1S/C19H16O4/c1-12-16(11-10-13-6-3-2-4-7-13)23-18-14(17(12)20)8-5-9-15(18)19(21)22/h2-9H,10-11H2,1H3,(H,21,22). The zero-order valence-corrected chi connectivity index (χ0v) is 12.7. The van der Waals surface area contributed by atoms with Crippen LogP contribution in [0.5, 0.6) is 0 Å². The van der Waals surface area contributed by atoms with Crippen LogP contribution in [0.2, 0.25) is 0 Å². The summed E-state index contributed by atoms with van der Waals surface area (Å²) in [7, 11) is 0. The van der Waals surface area contributed by atoms with Crippen molar-refractivity contribution < 1.29 is 14.3 Å². The zero-order valence-electron chi connectivity index (χ0n) is 12.7. The highest BCUT2D eigenvalue weighted by Crippen LogP contribution is 2.21. The first-order valence-corrected chi connectivity index (χ1v) is 7.40. The van der Waals surface area contributed by atoms with E-state index < -0.39 is 5.97 Å². The van der Waals surface area contributed by atoms with E-state index in [4.69, 9.17) is 4.42 Å². The quantitative estimate of drug-likeness (QED) is 0.800. The molecule has 3 aromatic rings. The van der Waals surface area contributed by atoms with Gasteiger partial charge < -0.3 is 9.52 Å². The molecule has 0 bridgehead atoms. The molecule has 0 amide bonds. The van der Waals surface area contributed by atoms with Crippen molar-refractivity contribution >= 4 is 16.9 Å². The first-order valence-electron chi connectivity index (χ1n) is 7.40. The lowest BCUT2D eigenvalue weighted by molar-refractivity contribution is 0.0697. The molecule has 1 aromatic heterocycles. The maximum Gasteiger partial charge on any atom is 0.339 e. The average molecular weight is 308 g/mol. The Morgan fingerprint density at radius 3 is 2.48 bits per heavy atom. The van der Waals surface area contributed by atoms with Gasteiger partial charge in [0, 0.05) is 12.0 Å². The molecule has 0 saturated carbocycles. The predicted octanol–water partition coefficient (Wildman–Crippen LogP) is 3.58. The predicted molar refractivity (Wildman–Crippen MR) is 88.0 cm³/mol. The number of aromatic carboxylic acids is 1. The topological polar surface area (TPSA) is 67.5 Å². The Balaban J connectivity index is 2.07. The van der Waals surface area contributed by atoms with Crippen molar-refractivity contribution in [2.45, 2.75) is 19.8 Å². The number of carboxylic acid groups (broad SMARTS) is 1. The van der Waals surface area contributed by atoms with Crippen molar-refractivity contribution in [1.82, 2.24) is 0 Å². The number of hydrogen-bond acceptors (Lipinski definition) is 3. The molecule has 0 aliphatic heterocycles. The van der Waals surface area contributed by atoms with Gasteiger partial charge in [0.05, 0.1) is 5.39 Å². The molecule has 4 heteroatoms. The number of hydrogen-bond donors (Lipinski definition) is 1. The molecule has 0 unspecified atom stereocenters. The second kappa shape index (κ2) is 6.08. The summed E-state index contributed by atoms with van der Waals surface area (Å²) in [5.41, 5.74) is 1.67. The van der Waals surface area contributed by atoms with Crippen LogP contribution in [0.4, 0.5) is 0 Å². The third-order valence-electron chi connectivity index (χ3n) is 3.96. The van der Waals surface area contributed by atoms with Crippen LogP contribution in [-0.2, 0) is 12.8 Å². The first kappa shape index (κ1) is 15.0. The van der Waals surface area contributed by atoms with Gasteiger partial charge >= 0.3 is 5.97 Å². The molecule has 1 N–H and O–H groups in total. The number of rotatable bonds is 4. The average Bonchev–Trinajstić information content (AvgIpc) is 2.57. The Bertz CT molecular complexity index is 923. The molecule has 0 fully saturated rings. The minimum atomic E-state index is -1.10. The molecule has 116 valence electrons. The fourth-order valence-corrected chi connectivity index (χ4v) is 2.66. The van der Waals surface area contributed by atoms with Crippen LogP contribution in [0.15, 0.2) is 57.7 Å². The van der Waals surface area contributed by atoms with Crippen LogP contribution in [0.3, 0.4) is 0 Å². The summed E-state index contributed by atoms with van der Waals surface area (Å²) in [6, 6.07) is 14.5. The molecule has 0 atom stereocenters. The van der Waals surface area contributed by atoms with Crippen molar-refractivity contribution in [1.29, 1.82) is 0 Å². The van der Waals surface area contributed by atoms with Crippen LogP contribution in [0.1, 0.15) is 27.2 Å². The van der Waals surface area contributed by atoms with E-state index in [1.807, 2.05) is 30.3 Å². The van der Waals surface area contributed by atoms with E-state index in [1.54, 1.807) is 19.1 Å². The largest absolute Gasteiger partial charge is 0.478 e. The molecule has 0 spiro atoms. The molecule has 1 heterocycles. The third-order valence-corrected chi connectivity index (χ3v) is 3.96. The molecule has 2 aromatic carbocycles. The summed E-state index contributed by atoms with van der Waals surface area (Å²) in [5.74, 6) is -0.559. The Kier molecular flexibility index (Phi) is 3.98. The SMILES string of the molecule is Cc1c(CCc2ccccc2)oc2c(C(=O)O)cccc2c1=O. The maximum absolute atomic E-state index is 12.5. The van der Waals surface area contributed by atoms with Crippen molar-refractivity contribution in [3.8, 4) is 0 Å². The van der Waals surface area contributed by atoms with Gasteiger partial charge in [-0.25, -0.2) is 4.79 Å². The number of carbonyl (C=O) groups is 1. The number of fused-ring (bicyclic) bond motifs is 1. The number of carboxylic acids is 1. The van der Waals surface area contributed by atoms with Gasteiger partial charge in [-0.2, -0.15) is 0 Å². The number of benzene rings is 2. The molecule has 0 radical (unpaired) electrons. The summed E-state index contributed by atoms with van der Waals surface area (Å²) < 4.78 is 5.81. The van der Waals surface area contributed by atoms with E-state index in [-0.39, 0.29) is 16.6 Å². The molecule has 0 saturated heterocycles. The fourth-order valence-electron chi connectivity index (χ4n) is 2.66. The number of aryl methyl sites for hydroxylation is 2. The fraction of sp³-hybridized carbons (Fsp3) is 0.158. The van der Waals surface area contributed by atoms with Crippen LogP contribution in [0.25, 0.3) is 11.0 Å². The number of para-hydroxylation sites is 1. The maximum atomic E-state index is 12.5. The molecule has 0 aliphatic carbocycles. The second-order valence-electron chi connectivity index (χ2n) is 5.45. The minimum Gasteiger partial charge on any atom is -0.478 e. The molecular weight excluding hydrogens is 292 g/mol. The summed E-state index contributed by atoms with van der Waals surface area (Å²) in [6.07, 6.45) is 1.28. The molecule has 3 rings (SSSR count). The summed E-state index contributed by atoms with van der Waals surface area (Å²) >= 11 is 0. The van der Waals surface area contributed by atoms with Crippen LogP contribution in [0, 0.1) is 6.92 Å². The highest BCUT2D eigenvalue weighted by Gasteiger charge is 2.16. The highest BCUT2D eigenvalue weighted by molar-refractivity contribution is 6.00. The van der Waals surface area contributed by atoms with Crippen molar-refractivity contribution in [3.63, 3.8) is 0 Å². The zero-order chi connectivity index (χ0) is 16.4. The molecule has 23 heavy (non-hydrogen) atoms. The summed E-state index contributed by atoms with van der Waals surface area (Å²) in [4.78, 5) is 23.8. The van der Waals surface area contributed by atoms with E-state index in [0.717, 1.165) is 12.0 Å². The van der Waals surface area contributed by atoms with E-state index in [9.17, 15) is 14.7 Å². The van der Waals surface area contributed by atoms with E-state index in [2.05, 4.69) is 0 Å². The third kappa shape index (κ3) is 2.88. The highest BCUT2D eigenvalue weighted by atomic mass is 16.4. The van der Waals surface area contributed by atoms with Gasteiger partial charge in [0.1, 0.15) is 11.3 Å². The summed E-state index contributed by atoms with van der Waals surface area (Å²) in [6.45, 7) is 1.72. The monoisotopic (exact) mass is 308 g/mol. The Morgan fingerprint density at radius 2 is 1.78 bits per heavy atom. The molecule has 4 nitrogen and oxygen atoms in total. The Labute approximate surface area is 133 Å². The lowest BCUT2D eigenvalue weighted by atomic mass is 10.0. The molecule has 0 aliphatic rings. The van der Waals surface area contributed by atoms with E-state index in [0.29, 0.717) is 23.1 Å². The Morgan fingerprint density at radius 1 is 1.04 bits per heavy atom. The van der Waals surface area contributed by atoms with Gasteiger partial charge in [0.25, 0.3) is 0 Å². The van der Waals surface area contributed by atoms with E-state index >= 15 is 0 Å². The van der Waals surface area contributed by atoms with Crippen molar-refractivity contribution in [2.75, 3.05) is 0 Å². The van der Waals surface area contributed by atoms with Gasteiger partial charge in [0.15, 0.2) is 11.0 Å². The van der Waals surface area contributed by atoms with Crippen molar-refractivity contribution in [2.24, 2.45) is 0 Å². The van der Waals surface area contributed by atoms with Gasteiger partial charge in [-0.3, -0.25) is 4.79 Å². The van der Waals surface area contributed by atoms with Gasteiger partial charge in [-0.05, 0) is 31.0 Å². The summed E-state index contributed by atoms with van der Waals surface area (Å²) in [5, 5.41) is 9.59. The minimum absolute atomic E-state index is 0.0144. The van der Waals surface area contributed by atoms with E-state index in [1.165, 1.54) is 6.07 Å². The van der Waals surface area contributed by atoms with Crippen molar-refractivity contribution in [3.05, 3.63) is 81.2 Å². The smallest absolute Gasteiger partial charge is 0.339 e. The Hall–Kier alpha value is -2.88. The van der Waals surface area contributed by atoms with Gasteiger partial charge in [-0.1, -0.05) is 36.4 Å². The van der Waals surface area contributed by atoms with Gasteiger partial charge in [0.2, 0.25) is 0 Å².